The lowest BCUT2D eigenvalue weighted by molar-refractivity contribution is 0.180. The second kappa shape index (κ2) is 5.62. The molecule has 0 atom stereocenters. The van der Waals surface area contributed by atoms with E-state index in [1.807, 2.05) is 10.8 Å². The van der Waals surface area contributed by atoms with E-state index in [4.69, 9.17) is 14.8 Å². The van der Waals surface area contributed by atoms with Gasteiger partial charge in [0.2, 0.25) is 0 Å². The summed E-state index contributed by atoms with van der Waals surface area (Å²) in [7, 11) is 1.70. The van der Waals surface area contributed by atoms with Gasteiger partial charge in [-0.15, -0.1) is 0 Å². The molecule has 1 aliphatic heterocycles. The van der Waals surface area contributed by atoms with Crippen LogP contribution >= 0.6 is 0 Å². The first-order valence-corrected chi connectivity index (χ1v) is 8.06. The van der Waals surface area contributed by atoms with Crippen LogP contribution in [0.5, 0.6) is 0 Å². The normalized spacial score (nSPS) is 18.3. The van der Waals surface area contributed by atoms with Gasteiger partial charge >= 0.3 is 0 Å². The Balaban J connectivity index is 1.53. The smallest absolute Gasteiger partial charge is 0.128 e. The summed E-state index contributed by atoms with van der Waals surface area (Å²) >= 11 is 0. The van der Waals surface area contributed by atoms with Crippen LogP contribution in [0.4, 0.5) is 5.82 Å². The highest BCUT2D eigenvalue weighted by Gasteiger charge is 2.52. The molecule has 1 N–H and O–H groups in total. The van der Waals surface area contributed by atoms with Gasteiger partial charge in [0.05, 0.1) is 37.5 Å². The molecule has 3 heterocycles. The van der Waals surface area contributed by atoms with E-state index in [1.165, 1.54) is 12.8 Å². The maximum Gasteiger partial charge on any atom is 0.128 e. The number of rotatable bonds is 6. The van der Waals surface area contributed by atoms with E-state index in [0.29, 0.717) is 24.3 Å². The second-order valence-corrected chi connectivity index (χ2v) is 6.76. The highest BCUT2D eigenvalue weighted by molar-refractivity contribution is 5.47. The van der Waals surface area contributed by atoms with Crippen molar-refractivity contribution in [3.63, 3.8) is 0 Å². The maximum absolute atomic E-state index is 9.12. The fourth-order valence-electron chi connectivity index (χ4n) is 3.29. The lowest BCUT2D eigenvalue weighted by Crippen LogP contribution is -2.49. The number of pyridine rings is 1. The Hall–Kier alpha value is -1.92. The van der Waals surface area contributed by atoms with E-state index >= 15 is 0 Å². The standard InChI is InChI=1S/C17H22N4O2/c1-23-9-15-13(6-20-7-14(8-22)18-12-20)2-3-16(19-15)21-10-17(11-21)4-5-17/h2-3,7,12,22H,4-6,8-11H2,1H3. The predicted octanol–water partition coefficient (Wildman–Crippen LogP) is 1.57. The third-order valence-electron chi connectivity index (χ3n) is 4.87. The van der Waals surface area contributed by atoms with Crippen LogP contribution in [0.2, 0.25) is 0 Å². The van der Waals surface area contributed by atoms with Gasteiger partial charge in [0.15, 0.2) is 0 Å². The van der Waals surface area contributed by atoms with Gasteiger partial charge in [-0.1, -0.05) is 6.07 Å². The zero-order chi connectivity index (χ0) is 15.9. The third kappa shape index (κ3) is 2.84. The summed E-state index contributed by atoms with van der Waals surface area (Å²) in [5.74, 6) is 1.06. The molecule has 0 amide bonds. The lowest BCUT2D eigenvalue weighted by atomic mass is 9.97. The van der Waals surface area contributed by atoms with E-state index in [-0.39, 0.29) is 6.61 Å². The molecule has 6 nitrogen and oxygen atoms in total. The largest absolute Gasteiger partial charge is 0.390 e. The molecule has 1 saturated carbocycles. The molecule has 0 bridgehead atoms. The number of imidazole rings is 1. The first-order chi connectivity index (χ1) is 11.2. The summed E-state index contributed by atoms with van der Waals surface area (Å²) < 4.78 is 7.29. The molecule has 0 radical (unpaired) electrons. The van der Waals surface area contributed by atoms with Crippen molar-refractivity contribution in [2.24, 2.45) is 5.41 Å². The number of hydrogen-bond donors (Lipinski definition) is 1. The monoisotopic (exact) mass is 314 g/mol. The highest BCUT2D eigenvalue weighted by Crippen LogP contribution is 2.53. The Morgan fingerprint density at radius 2 is 2.13 bits per heavy atom. The van der Waals surface area contributed by atoms with Gasteiger partial charge in [-0.25, -0.2) is 9.97 Å². The van der Waals surface area contributed by atoms with Crippen LogP contribution in [0.15, 0.2) is 24.7 Å². The first-order valence-electron chi connectivity index (χ1n) is 8.06. The Morgan fingerprint density at radius 1 is 1.30 bits per heavy atom. The minimum Gasteiger partial charge on any atom is -0.390 e. The number of aliphatic hydroxyl groups is 1. The Bertz CT molecular complexity index is 700. The average molecular weight is 314 g/mol. The van der Waals surface area contributed by atoms with Crippen LogP contribution in [0.25, 0.3) is 0 Å². The molecule has 2 aromatic rings. The van der Waals surface area contributed by atoms with Crippen molar-refractivity contribution < 1.29 is 9.84 Å². The van der Waals surface area contributed by atoms with Crippen LogP contribution in [0.3, 0.4) is 0 Å². The molecule has 0 aromatic carbocycles. The molecule has 1 aliphatic carbocycles. The number of methoxy groups -OCH3 is 1. The SMILES string of the molecule is COCc1nc(N2CC3(CC3)C2)ccc1Cn1cnc(CO)c1. The van der Waals surface area contributed by atoms with Gasteiger partial charge in [-0.3, -0.25) is 0 Å². The molecule has 1 saturated heterocycles. The van der Waals surface area contributed by atoms with Crippen molar-refractivity contribution in [1.82, 2.24) is 14.5 Å². The quantitative estimate of drug-likeness (QED) is 0.877. The predicted molar refractivity (Wildman–Crippen MR) is 86.1 cm³/mol. The maximum atomic E-state index is 9.12. The molecule has 1 spiro atoms. The topological polar surface area (TPSA) is 63.4 Å². The third-order valence-corrected chi connectivity index (χ3v) is 4.87. The molecular formula is C17H22N4O2. The number of anilines is 1. The van der Waals surface area contributed by atoms with Crippen LogP contribution in [0, 0.1) is 5.41 Å². The Morgan fingerprint density at radius 3 is 2.78 bits per heavy atom. The number of aliphatic hydroxyl groups excluding tert-OH is 1. The average Bonchev–Trinajstić information content (AvgIpc) is 3.21. The Labute approximate surface area is 135 Å². The Kier molecular flexibility index (Phi) is 3.58. The second-order valence-electron chi connectivity index (χ2n) is 6.76. The lowest BCUT2D eigenvalue weighted by Gasteiger charge is -2.41. The number of aromatic nitrogens is 3. The minimum atomic E-state index is -0.0359. The van der Waals surface area contributed by atoms with Gasteiger partial charge in [0.25, 0.3) is 0 Å². The summed E-state index contributed by atoms with van der Waals surface area (Å²) in [5, 5.41) is 9.12. The first kappa shape index (κ1) is 14.7. The minimum absolute atomic E-state index is 0.0359. The van der Waals surface area contributed by atoms with Crippen molar-refractivity contribution in [1.29, 1.82) is 0 Å². The van der Waals surface area contributed by atoms with E-state index < -0.39 is 0 Å². The summed E-state index contributed by atoms with van der Waals surface area (Å²) in [4.78, 5) is 11.3. The zero-order valence-electron chi connectivity index (χ0n) is 13.4. The fourth-order valence-corrected chi connectivity index (χ4v) is 3.29. The van der Waals surface area contributed by atoms with Crippen LogP contribution in [-0.4, -0.2) is 39.8 Å². The summed E-state index contributed by atoms with van der Waals surface area (Å²) in [6, 6.07) is 4.24. The van der Waals surface area contributed by atoms with Crippen molar-refractivity contribution in [2.45, 2.75) is 32.6 Å². The molecule has 2 aromatic heterocycles. The molecule has 2 fully saturated rings. The van der Waals surface area contributed by atoms with Crippen molar-refractivity contribution in [3.05, 3.63) is 41.6 Å². The fraction of sp³-hybridized carbons (Fsp3) is 0.529. The summed E-state index contributed by atoms with van der Waals surface area (Å²) in [6.07, 6.45) is 6.35. The summed E-state index contributed by atoms with van der Waals surface area (Å²) in [5.41, 5.74) is 3.40. The zero-order valence-corrected chi connectivity index (χ0v) is 13.4. The molecule has 2 aliphatic rings. The molecule has 0 unspecified atom stereocenters. The summed E-state index contributed by atoms with van der Waals surface area (Å²) in [6.45, 7) is 3.44. The van der Waals surface area contributed by atoms with E-state index in [1.54, 1.807) is 13.4 Å². The number of nitrogens with zero attached hydrogens (tertiary/aromatic N) is 4. The highest BCUT2D eigenvalue weighted by atomic mass is 16.5. The van der Waals surface area contributed by atoms with Gasteiger partial charge < -0.3 is 19.3 Å². The van der Waals surface area contributed by atoms with Crippen LogP contribution in [0.1, 0.15) is 29.8 Å². The van der Waals surface area contributed by atoms with E-state index in [2.05, 4.69) is 22.0 Å². The van der Waals surface area contributed by atoms with Crippen LogP contribution < -0.4 is 4.90 Å². The van der Waals surface area contributed by atoms with Crippen molar-refractivity contribution >= 4 is 5.82 Å². The molecule has 122 valence electrons. The van der Waals surface area contributed by atoms with Crippen molar-refractivity contribution in [2.75, 3.05) is 25.1 Å². The van der Waals surface area contributed by atoms with Crippen LogP contribution in [-0.2, 0) is 24.5 Å². The molecule has 23 heavy (non-hydrogen) atoms. The van der Waals surface area contributed by atoms with Gasteiger partial charge in [0, 0.05) is 31.8 Å². The molecular weight excluding hydrogens is 292 g/mol. The van der Waals surface area contributed by atoms with Gasteiger partial charge in [-0.2, -0.15) is 0 Å². The van der Waals surface area contributed by atoms with Crippen molar-refractivity contribution in [3.8, 4) is 0 Å². The number of hydrogen-bond acceptors (Lipinski definition) is 5. The number of ether oxygens (including phenoxy) is 1. The molecule has 4 rings (SSSR count). The van der Waals surface area contributed by atoms with E-state index in [0.717, 1.165) is 30.2 Å². The van der Waals surface area contributed by atoms with Gasteiger partial charge in [0.1, 0.15) is 5.82 Å². The molecule has 6 heteroatoms. The van der Waals surface area contributed by atoms with Gasteiger partial charge in [-0.05, 0) is 24.5 Å². The van der Waals surface area contributed by atoms with E-state index in [9.17, 15) is 0 Å².